The first-order valence-corrected chi connectivity index (χ1v) is 10.3. The van der Waals surface area contributed by atoms with E-state index in [9.17, 15) is 4.79 Å². The van der Waals surface area contributed by atoms with Gasteiger partial charge in [0.15, 0.2) is 0 Å². The van der Waals surface area contributed by atoms with Gasteiger partial charge in [-0.15, -0.1) is 0 Å². The van der Waals surface area contributed by atoms with Gasteiger partial charge in [-0.2, -0.15) is 5.10 Å². The van der Waals surface area contributed by atoms with E-state index in [2.05, 4.69) is 5.32 Å². The summed E-state index contributed by atoms with van der Waals surface area (Å²) < 4.78 is 12.2. The van der Waals surface area contributed by atoms with Gasteiger partial charge in [-0.1, -0.05) is 12.1 Å². The highest BCUT2D eigenvalue weighted by Crippen LogP contribution is 2.31. The molecule has 1 aliphatic heterocycles. The number of nitrogens with zero attached hydrogens (tertiary/aromatic N) is 2. The van der Waals surface area contributed by atoms with Crippen LogP contribution < -0.4 is 20.3 Å². The molecule has 0 radical (unpaired) electrons. The van der Waals surface area contributed by atoms with E-state index in [1.165, 1.54) is 0 Å². The number of aromatic nitrogens is 2. The van der Waals surface area contributed by atoms with E-state index >= 15 is 0 Å². The second kappa shape index (κ2) is 9.13. The third-order valence-electron chi connectivity index (χ3n) is 5.59. The first-order valence-electron chi connectivity index (χ1n) is 10.3. The number of hydrogen-bond acceptors (Lipinski definition) is 5. The molecule has 1 saturated heterocycles. The Balaban J connectivity index is 1.78. The van der Waals surface area contributed by atoms with Crippen LogP contribution in [0.2, 0.25) is 0 Å². The lowest BCUT2D eigenvalue weighted by Gasteiger charge is -2.23. The van der Waals surface area contributed by atoms with Crippen molar-refractivity contribution >= 4 is 0 Å². The lowest BCUT2D eigenvalue weighted by Crippen LogP contribution is -2.35. The first-order chi connectivity index (χ1) is 14.7. The van der Waals surface area contributed by atoms with Gasteiger partial charge < -0.3 is 14.8 Å². The van der Waals surface area contributed by atoms with Crippen molar-refractivity contribution in [2.24, 2.45) is 5.92 Å². The molecule has 1 aliphatic rings. The highest BCUT2D eigenvalue weighted by atomic mass is 16.5. The SMILES string of the molecule is COc1ccc(-c2cc(=O)n(CC3CCCNC3)nc2-c2ccc(OC)cc2)cc1. The van der Waals surface area contributed by atoms with E-state index in [-0.39, 0.29) is 5.56 Å². The monoisotopic (exact) mass is 405 g/mol. The van der Waals surface area contributed by atoms with Crippen LogP contribution in [-0.2, 0) is 6.54 Å². The van der Waals surface area contributed by atoms with Gasteiger partial charge in [0.1, 0.15) is 11.5 Å². The maximum Gasteiger partial charge on any atom is 0.267 e. The molecule has 1 N–H and O–H groups in total. The maximum absolute atomic E-state index is 12.9. The van der Waals surface area contributed by atoms with E-state index in [1.807, 2.05) is 48.5 Å². The number of methoxy groups -OCH3 is 2. The molecule has 0 aliphatic carbocycles. The van der Waals surface area contributed by atoms with Crippen LogP contribution >= 0.6 is 0 Å². The van der Waals surface area contributed by atoms with Gasteiger partial charge in [0, 0.05) is 23.7 Å². The molecular formula is C24H27N3O3. The summed E-state index contributed by atoms with van der Waals surface area (Å²) in [5, 5.41) is 8.23. The van der Waals surface area contributed by atoms with E-state index < -0.39 is 0 Å². The molecule has 1 atom stereocenters. The Bertz CT molecular complexity index is 1040. The average Bonchev–Trinajstić information content (AvgIpc) is 2.81. The fraction of sp³-hybridized carbons (Fsp3) is 0.333. The molecular weight excluding hydrogens is 378 g/mol. The molecule has 0 bridgehead atoms. The summed E-state index contributed by atoms with van der Waals surface area (Å²) in [7, 11) is 3.29. The molecule has 0 spiro atoms. The Morgan fingerprint density at radius 3 is 2.20 bits per heavy atom. The summed E-state index contributed by atoms with van der Waals surface area (Å²) in [6.45, 7) is 2.59. The highest BCUT2D eigenvalue weighted by Gasteiger charge is 2.18. The van der Waals surface area contributed by atoms with Crippen LogP contribution in [0.1, 0.15) is 12.8 Å². The van der Waals surface area contributed by atoms with Crippen molar-refractivity contribution in [2.45, 2.75) is 19.4 Å². The van der Waals surface area contributed by atoms with Crippen LogP contribution in [0.25, 0.3) is 22.4 Å². The van der Waals surface area contributed by atoms with Crippen LogP contribution in [0, 0.1) is 5.92 Å². The zero-order valence-corrected chi connectivity index (χ0v) is 17.4. The molecule has 1 fully saturated rings. The minimum Gasteiger partial charge on any atom is -0.497 e. The third kappa shape index (κ3) is 4.39. The van der Waals surface area contributed by atoms with Crippen molar-refractivity contribution in [2.75, 3.05) is 27.3 Å². The largest absolute Gasteiger partial charge is 0.497 e. The number of nitrogens with one attached hydrogen (secondary N) is 1. The number of rotatable bonds is 6. The molecule has 6 nitrogen and oxygen atoms in total. The Kier molecular flexibility index (Phi) is 6.14. The van der Waals surface area contributed by atoms with Gasteiger partial charge in [0.2, 0.25) is 0 Å². The van der Waals surface area contributed by atoms with Gasteiger partial charge >= 0.3 is 0 Å². The smallest absolute Gasteiger partial charge is 0.267 e. The molecule has 0 amide bonds. The van der Waals surface area contributed by atoms with Crippen molar-refractivity contribution in [3.63, 3.8) is 0 Å². The van der Waals surface area contributed by atoms with Crippen LogP contribution in [0.3, 0.4) is 0 Å². The molecule has 1 unspecified atom stereocenters. The minimum atomic E-state index is -0.0800. The first kappa shape index (κ1) is 20.2. The predicted molar refractivity (Wildman–Crippen MR) is 118 cm³/mol. The molecule has 30 heavy (non-hydrogen) atoms. The quantitative estimate of drug-likeness (QED) is 0.679. The lowest BCUT2D eigenvalue weighted by molar-refractivity contribution is 0.320. The minimum absolute atomic E-state index is 0.0800. The normalized spacial score (nSPS) is 16.3. The molecule has 0 saturated carbocycles. The number of hydrogen-bond donors (Lipinski definition) is 1. The fourth-order valence-electron chi connectivity index (χ4n) is 3.90. The van der Waals surface area contributed by atoms with E-state index in [0.29, 0.717) is 12.5 Å². The van der Waals surface area contributed by atoms with E-state index in [0.717, 1.165) is 59.8 Å². The molecule has 3 aromatic rings. The summed E-state index contributed by atoms with van der Waals surface area (Å²) in [5.74, 6) is 1.97. The summed E-state index contributed by atoms with van der Waals surface area (Å²) in [4.78, 5) is 12.9. The third-order valence-corrected chi connectivity index (χ3v) is 5.59. The molecule has 2 aromatic carbocycles. The summed E-state index contributed by atoms with van der Waals surface area (Å²) in [6, 6.07) is 17.2. The predicted octanol–water partition coefficient (Wildman–Crippen LogP) is 3.59. The lowest BCUT2D eigenvalue weighted by atomic mass is 9.98. The van der Waals surface area contributed by atoms with Gasteiger partial charge in [-0.3, -0.25) is 4.79 Å². The van der Waals surface area contributed by atoms with Crippen LogP contribution in [0.5, 0.6) is 11.5 Å². The van der Waals surface area contributed by atoms with Crippen molar-refractivity contribution < 1.29 is 9.47 Å². The Morgan fingerprint density at radius 2 is 1.63 bits per heavy atom. The van der Waals surface area contributed by atoms with Crippen LogP contribution in [0.4, 0.5) is 0 Å². The second-order valence-electron chi connectivity index (χ2n) is 7.60. The van der Waals surface area contributed by atoms with E-state index in [4.69, 9.17) is 14.6 Å². The number of benzene rings is 2. The maximum atomic E-state index is 12.9. The summed E-state index contributed by atoms with van der Waals surface area (Å²) in [6.07, 6.45) is 2.24. The Morgan fingerprint density at radius 1 is 1.00 bits per heavy atom. The van der Waals surface area contributed by atoms with Crippen molar-refractivity contribution in [3.05, 3.63) is 65.0 Å². The zero-order chi connectivity index (χ0) is 20.9. The summed E-state index contributed by atoms with van der Waals surface area (Å²) >= 11 is 0. The van der Waals surface area contributed by atoms with Crippen LogP contribution in [-0.4, -0.2) is 37.1 Å². The van der Waals surface area contributed by atoms with Crippen molar-refractivity contribution in [1.29, 1.82) is 0 Å². The topological polar surface area (TPSA) is 65.4 Å². The molecule has 2 heterocycles. The molecule has 6 heteroatoms. The fourth-order valence-corrected chi connectivity index (χ4v) is 3.90. The van der Waals surface area contributed by atoms with Crippen molar-refractivity contribution in [3.8, 4) is 33.9 Å². The Labute approximate surface area is 176 Å². The highest BCUT2D eigenvalue weighted by molar-refractivity contribution is 5.80. The van der Waals surface area contributed by atoms with E-state index in [1.54, 1.807) is 25.0 Å². The van der Waals surface area contributed by atoms with Crippen molar-refractivity contribution in [1.82, 2.24) is 15.1 Å². The molecule has 1 aromatic heterocycles. The summed E-state index contributed by atoms with van der Waals surface area (Å²) in [5.41, 5.74) is 3.38. The molecule has 4 rings (SSSR count). The Hall–Kier alpha value is -3.12. The second-order valence-corrected chi connectivity index (χ2v) is 7.60. The number of ether oxygens (including phenoxy) is 2. The van der Waals surface area contributed by atoms with Gasteiger partial charge in [-0.05, 0) is 73.8 Å². The standard InChI is InChI=1S/C24H27N3O3/c1-29-20-9-5-18(6-10-20)22-14-23(28)27(16-17-4-3-13-25-15-17)26-24(22)19-7-11-21(30-2)12-8-19/h5-12,14,17,25H,3-4,13,15-16H2,1-2H3. The van der Waals surface area contributed by atoms with Gasteiger partial charge in [0.25, 0.3) is 5.56 Å². The van der Waals surface area contributed by atoms with Gasteiger partial charge in [0.05, 0.1) is 19.9 Å². The zero-order valence-electron chi connectivity index (χ0n) is 17.4. The molecule has 156 valence electrons. The number of piperidine rings is 1. The average molecular weight is 405 g/mol. The van der Waals surface area contributed by atoms with Gasteiger partial charge in [-0.25, -0.2) is 4.68 Å². The van der Waals surface area contributed by atoms with Crippen LogP contribution in [0.15, 0.2) is 59.4 Å².